The van der Waals surface area contributed by atoms with E-state index in [1.54, 1.807) is 19.1 Å². The van der Waals surface area contributed by atoms with Crippen molar-refractivity contribution in [2.75, 3.05) is 6.54 Å². The lowest BCUT2D eigenvalue weighted by molar-refractivity contribution is 0.0322. The smallest absolute Gasteiger partial charge is 0.240 e. The van der Waals surface area contributed by atoms with Gasteiger partial charge < -0.3 is 4.74 Å². The van der Waals surface area contributed by atoms with Crippen LogP contribution in [0.2, 0.25) is 5.02 Å². The molecule has 0 aliphatic carbocycles. The average molecular weight is 352 g/mol. The zero-order valence-corrected chi connectivity index (χ0v) is 14.3. The third kappa shape index (κ3) is 3.75. The summed E-state index contributed by atoms with van der Waals surface area (Å²) in [7, 11) is -3.60. The summed E-state index contributed by atoms with van der Waals surface area (Å²) in [5.74, 6) is 0. The molecule has 1 aliphatic heterocycles. The molecule has 122 valence electrons. The Balaban J connectivity index is 1.70. The van der Waals surface area contributed by atoms with Crippen molar-refractivity contribution in [1.29, 1.82) is 0 Å². The summed E-state index contributed by atoms with van der Waals surface area (Å²) in [4.78, 5) is 0.209. The molecule has 0 amide bonds. The van der Waals surface area contributed by atoms with Crippen LogP contribution in [0.5, 0.6) is 0 Å². The number of halogens is 1. The molecular weight excluding hydrogens is 334 g/mol. The van der Waals surface area contributed by atoms with Crippen LogP contribution in [0.4, 0.5) is 0 Å². The van der Waals surface area contributed by atoms with Crippen LogP contribution in [-0.2, 0) is 27.8 Å². The number of rotatable bonds is 4. The van der Waals surface area contributed by atoms with E-state index in [0.29, 0.717) is 23.6 Å². The van der Waals surface area contributed by atoms with E-state index in [2.05, 4.69) is 10.8 Å². The summed E-state index contributed by atoms with van der Waals surface area (Å²) in [5.41, 5.74) is 3.04. The molecule has 0 radical (unpaired) electrons. The number of benzene rings is 2. The molecular formula is C17H18ClNO3S. The lowest BCUT2D eigenvalue weighted by Crippen LogP contribution is -2.37. The average Bonchev–Trinajstić information content (AvgIpc) is 2.55. The Labute approximate surface area is 141 Å². The van der Waals surface area contributed by atoms with E-state index in [4.69, 9.17) is 16.3 Å². The summed E-state index contributed by atoms with van der Waals surface area (Å²) in [5, 5.41) is 0.402. The second-order valence-electron chi connectivity index (χ2n) is 5.67. The molecule has 0 saturated heterocycles. The van der Waals surface area contributed by atoms with Crippen molar-refractivity contribution in [2.24, 2.45) is 0 Å². The molecule has 0 aromatic heterocycles. The fourth-order valence-electron chi connectivity index (χ4n) is 2.68. The fourth-order valence-corrected chi connectivity index (χ4v) is 4.26. The van der Waals surface area contributed by atoms with E-state index in [1.807, 2.05) is 18.2 Å². The monoisotopic (exact) mass is 351 g/mol. The minimum Gasteiger partial charge on any atom is -0.372 e. The SMILES string of the molecule is Cc1ccc(Cl)cc1S(=O)(=O)NCC1Cc2ccccc2CO1. The van der Waals surface area contributed by atoms with Gasteiger partial charge in [-0.15, -0.1) is 0 Å². The largest absolute Gasteiger partial charge is 0.372 e. The summed E-state index contributed by atoms with van der Waals surface area (Å²) in [6.45, 7) is 2.50. The standard InChI is InChI=1S/C17H18ClNO3S/c1-12-6-7-15(18)9-17(12)23(20,21)19-10-16-8-13-4-2-3-5-14(13)11-22-16/h2-7,9,16,19H,8,10-11H2,1H3. The Morgan fingerprint density at radius 3 is 2.74 bits per heavy atom. The van der Waals surface area contributed by atoms with Crippen molar-refractivity contribution < 1.29 is 13.2 Å². The number of fused-ring (bicyclic) bond motifs is 1. The van der Waals surface area contributed by atoms with Gasteiger partial charge >= 0.3 is 0 Å². The second kappa shape index (κ2) is 6.61. The van der Waals surface area contributed by atoms with Gasteiger partial charge in [0.1, 0.15) is 0 Å². The molecule has 23 heavy (non-hydrogen) atoms. The highest BCUT2D eigenvalue weighted by Gasteiger charge is 2.23. The van der Waals surface area contributed by atoms with Crippen LogP contribution in [0.1, 0.15) is 16.7 Å². The van der Waals surface area contributed by atoms with Gasteiger partial charge in [-0.05, 0) is 35.7 Å². The van der Waals surface area contributed by atoms with Gasteiger partial charge in [-0.3, -0.25) is 0 Å². The molecule has 1 aliphatic rings. The summed E-state index contributed by atoms with van der Waals surface area (Å²) >= 11 is 5.91. The molecule has 1 N–H and O–H groups in total. The summed E-state index contributed by atoms with van der Waals surface area (Å²) < 4.78 is 33.3. The predicted molar refractivity (Wildman–Crippen MR) is 90.1 cm³/mol. The van der Waals surface area contributed by atoms with E-state index in [1.165, 1.54) is 11.6 Å². The first-order valence-electron chi connectivity index (χ1n) is 7.40. The molecule has 0 fully saturated rings. The minimum absolute atomic E-state index is 0.167. The maximum atomic E-state index is 12.5. The Kier molecular flexibility index (Phi) is 4.73. The van der Waals surface area contributed by atoms with Crippen LogP contribution in [0, 0.1) is 6.92 Å². The van der Waals surface area contributed by atoms with Gasteiger partial charge in [-0.25, -0.2) is 13.1 Å². The molecule has 0 bridgehead atoms. The first-order chi connectivity index (χ1) is 11.0. The third-order valence-corrected chi connectivity index (χ3v) is 5.78. The molecule has 0 saturated carbocycles. The molecule has 6 heteroatoms. The minimum atomic E-state index is -3.60. The maximum absolute atomic E-state index is 12.5. The Bertz CT molecular complexity index is 820. The first kappa shape index (κ1) is 16.5. The van der Waals surface area contributed by atoms with Gasteiger partial charge in [0.05, 0.1) is 17.6 Å². The number of sulfonamides is 1. The Morgan fingerprint density at radius 1 is 1.22 bits per heavy atom. The first-order valence-corrected chi connectivity index (χ1v) is 9.26. The topological polar surface area (TPSA) is 55.4 Å². The van der Waals surface area contributed by atoms with Gasteiger partial charge in [0.15, 0.2) is 0 Å². The molecule has 2 aromatic rings. The molecule has 0 spiro atoms. The van der Waals surface area contributed by atoms with Crippen LogP contribution in [0.15, 0.2) is 47.4 Å². The normalized spacial score (nSPS) is 17.7. The van der Waals surface area contributed by atoms with Gasteiger partial charge in [0.2, 0.25) is 10.0 Å². The lowest BCUT2D eigenvalue weighted by atomic mass is 9.99. The summed E-state index contributed by atoms with van der Waals surface area (Å²) in [6.07, 6.45) is 0.534. The van der Waals surface area contributed by atoms with Crippen molar-refractivity contribution in [1.82, 2.24) is 4.72 Å². The van der Waals surface area contributed by atoms with E-state index in [9.17, 15) is 8.42 Å². The highest BCUT2D eigenvalue weighted by molar-refractivity contribution is 7.89. The predicted octanol–water partition coefficient (Wildman–Crippen LogP) is 3.07. The van der Waals surface area contributed by atoms with E-state index < -0.39 is 10.0 Å². The van der Waals surface area contributed by atoms with E-state index >= 15 is 0 Å². The summed E-state index contributed by atoms with van der Waals surface area (Å²) in [6, 6.07) is 12.9. The van der Waals surface area contributed by atoms with Gasteiger partial charge in [0.25, 0.3) is 0 Å². The van der Waals surface area contributed by atoms with Gasteiger partial charge in [-0.2, -0.15) is 0 Å². The van der Waals surface area contributed by atoms with Gasteiger partial charge in [0, 0.05) is 18.0 Å². The molecule has 1 heterocycles. The molecule has 3 rings (SSSR count). The number of hydrogen-bond donors (Lipinski definition) is 1. The Morgan fingerprint density at radius 2 is 1.96 bits per heavy atom. The lowest BCUT2D eigenvalue weighted by Gasteiger charge is -2.25. The zero-order chi connectivity index (χ0) is 16.4. The van der Waals surface area contributed by atoms with Crippen LogP contribution in [0.3, 0.4) is 0 Å². The van der Waals surface area contributed by atoms with Crippen LogP contribution in [0.25, 0.3) is 0 Å². The highest BCUT2D eigenvalue weighted by atomic mass is 35.5. The Hall–Kier alpha value is -1.40. The van der Waals surface area contributed by atoms with E-state index in [-0.39, 0.29) is 17.5 Å². The number of hydrogen-bond acceptors (Lipinski definition) is 3. The van der Waals surface area contributed by atoms with Crippen LogP contribution in [-0.4, -0.2) is 21.1 Å². The quantitative estimate of drug-likeness (QED) is 0.921. The fraction of sp³-hybridized carbons (Fsp3) is 0.294. The molecule has 2 aromatic carbocycles. The zero-order valence-electron chi connectivity index (χ0n) is 12.8. The number of ether oxygens (including phenoxy) is 1. The van der Waals surface area contributed by atoms with Crippen molar-refractivity contribution in [2.45, 2.75) is 31.0 Å². The number of nitrogens with one attached hydrogen (secondary N) is 1. The maximum Gasteiger partial charge on any atom is 0.240 e. The molecule has 4 nitrogen and oxygen atoms in total. The third-order valence-electron chi connectivity index (χ3n) is 3.98. The van der Waals surface area contributed by atoms with Crippen LogP contribution >= 0.6 is 11.6 Å². The molecule has 1 unspecified atom stereocenters. The van der Waals surface area contributed by atoms with E-state index in [0.717, 1.165) is 5.56 Å². The van der Waals surface area contributed by atoms with Crippen molar-refractivity contribution in [3.63, 3.8) is 0 Å². The van der Waals surface area contributed by atoms with Gasteiger partial charge in [-0.1, -0.05) is 41.9 Å². The van der Waals surface area contributed by atoms with Crippen LogP contribution < -0.4 is 4.72 Å². The second-order valence-corrected chi connectivity index (χ2v) is 7.84. The molecule has 1 atom stereocenters. The van der Waals surface area contributed by atoms with Crippen molar-refractivity contribution in [3.8, 4) is 0 Å². The van der Waals surface area contributed by atoms with Crippen molar-refractivity contribution in [3.05, 3.63) is 64.2 Å². The number of aryl methyl sites for hydroxylation is 1. The highest BCUT2D eigenvalue weighted by Crippen LogP contribution is 2.22. The van der Waals surface area contributed by atoms with Crippen molar-refractivity contribution >= 4 is 21.6 Å².